The van der Waals surface area contributed by atoms with Gasteiger partial charge in [0.2, 0.25) is 0 Å². The first kappa shape index (κ1) is 15.2. The van der Waals surface area contributed by atoms with E-state index in [0.29, 0.717) is 6.04 Å². The zero-order chi connectivity index (χ0) is 13.4. The average Bonchev–Trinajstić information content (AvgIpc) is 2.44. The lowest BCUT2D eigenvalue weighted by Gasteiger charge is -2.33. The fourth-order valence-corrected chi connectivity index (χ4v) is 2.41. The Hall–Kier alpha value is -0.860. The van der Waals surface area contributed by atoms with E-state index in [1.54, 1.807) is 0 Å². The van der Waals surface area contributed by atoms with Crippen molar-refractivity contribution >= 4 is 0 Å². The molecule has 1 rings (SSSR count). The minimum atomic E-state index is 0.234. The molecule has 18 heavy (non-hydrogen) atoms. The summed E-state index contributed by atoms with van der Waals surface area (Å²) < 4.78 is 0. The smallest absolute Gasteiger partial charge is 0.0436 e. The van der Waals surface area contributed by atoms with E-state index in [9.17, 15) is 5.11 Å². The van der Waals surface area contributed by atoms with E-state index in [1.165, 1.54) is 5.56 Å². The molecular formula is C16H27NO. The molecule has 0 fully saturated rings. The first-order valence-electron chi connectivity index (χ1n) is 7.06. The lowest BCUT2D eigenvalue weighted by atomic mass is 9.79. The summed E-state index contributed by atoms with van der Waals surface area (Å²) in [5.74, 6) is 0. The summed E-state index contributed by atoms with van der Waals surface area (Å²) in [6.45, 7) is 7.88. The van der Waals surface area contributed by atoms with Crippen molar-refractivity contribution in [2.75, 3.05) is 13.2 Å². The fourth-order valence-electron chi connectivity index (χ4n) is 2.41. The second-order valence-electron chi connectivity index (χ2n) is 5.19. The van der Waals surface area contributed by atoms with Crippen molar-refractivity contribution in [2.24, 2.45) is 5.41 Å². The molecule has 0 bridgehead atoms. The van der Waals surface area contributed by atoms with Crippen molar-refractivity contribution in [1.82, 2.24) is 5.32 Å². The largest absolute Gasteiger partial charge is 0.396 e. The monoisotopic (exact) mass is 249 g/mol. The van der Waals surface area contributed by atoms with E-state index in [-0.39, 0.29) is 12.0 Å². The van der Waals surface area contributed by atoms with E-state index in [2.05, 4.69) is 50.4 Å². The summed E-state index contributed by atoms with van der Waals surface area (Å²) in [6.07, 6.45) is 3.10. The lowest BCUT2D eigenvalue weighted by molar-refractivity contribution is 0.160. The third kappa shape index (κ3) is 4.11. The molecule has 0 aromatic heterocycles. The number of hydrogen-bond acceptors (Lipinski definition) is 2. The molecule has 0 heterocycles. The second-order valence-corrected chi connectivity index (χ2v) is 5.19. The summed E-state index contributed by atoms with van der Waals surface area (Å²) in [5, 5.41) is 12.8. The predicted octanol–water partition coefficient (Wildman–Crippen LogP) is 3.53. The Morgan fingerprint density at radius 3 is 2.28 bits per heavy atom. The highest BCUT2D eigenvalue weighted by molar-refractivity contribution is 5.18. The second kappa shape index (κ2) is 7.55. The molecule has 1 aromatic rings. The van der Waals surface area contributed by atoms with E-state index >= 15 is 0 Å². The van der Waals surface area contributed by atoms with Crippen molar-refractivity contribution < 1.29 is 5.11 Å². The van der Waals surface area contributed by atoms with Crippen molar-refractivity contribution in [3.8, 4) is 0 Å². The van der Waals surface area contributed by atoms with Gasteiger partial charge in [0.15, 0.2) is 0 Å². The van der Waals surface area contributed by atoms with Crippen molar-refractivity contribution in [2.45, 2.75) is 46.1 Å². The Morgan fingerprint density at radius 1 is 1.17 bits per heavy atom. The van der Waals surface area contributed by atoms with Crippen molar-refractivity contribution in [3.63, 3.8) is 0 Å². The molecule has 102 valence electrons. The molecule has 1 atom stereocenters. The first-order chi connectivity index (χ1) is 8.67. The number of aliphatic hydroxyl groups is 1. The highest BCUT2D eigenvalue weighted by Crippen LogP contribution is 2.30. The molecule has 0 spiro atoms. The Balaban J connectivity index is 2.57. The molecule has 2 N–H and O–H groups in total. The van der Waals surface area contributed by atoms with Crippen LogP contribution in [0.5, 0.6) is 0 Å². The number of benzene rings is 1. The Labute approximate surface area is 111 Å². The van der Waals surface area contributed by atoms with Gasteiger partial charge >= 0.3 is 0 Å². The first-order valence-corrected chi connectivity index (χ1v) is 7.06. The maximum atomic E-state index is 9.22. The van der Waals surface area contributed by atoms with Gasteiger partial charge in [-0.05, 0) is 37.2 Å². The normalized spacial score (nSPS) is 13.6. The van der Waals surface area contributed by atoms with Crippen molar-refractivity contribution in [3.05, 3.63) is 35.9 Å². The van der Waals surface area contributed by atoms with Crippen molar-refractivity contribution in [1.29, 1.82) is 0 Å². The number of rotatable bonds is 8. The summed E-state index contributed by atoms with van der Waals surface area (Å²) in [7, 11) is 0. The molecule has 0 saturated heterocycles. The van der Waals surface area contributed by atoms with Gasteiger partial charge in [0.25, 0.3) is 0 Å². The van der Waals surface area contributed by atoms with Gasteiger partial charge in [-0.15, -0.1) is 0 Å². The highest BCUT2D eigenvalue weighted by Gasteiger charge is 2.25. The molecule has 2 heteroatoms. The van der Waals surface area contributed by atoms with Crippen LogP contribution in [0.25, 0.3) is 0 Å². The average molecular weight is 249 g/mol. The molecule has 0 radical (unpaired) electrons. The van der Waals surface area contributed by atoms with Crippen LogP contribution in [-0.2, 0) is 0 Å². The minimum Gasteiger partial charge on any atom is -0.396 e. The number of hydrogen-bond donors (Lipinski definition) is 2. The Morgan fingerprint density at radius 2 is 1.78 bits per heavy atom. The van der Waals surface area contributed by atoms with Gasteiger partial charge < -0.3 is 10.4 Å². The van der Waals surface area contributed by atoms with Gasteiger partial charge in [0.1, 0.15) is 0 Å². The maximum absolute atomic E-state index is 9.22. The summed E-state index contributed by atoms with van der Waals surface area (Å²) in [5.41, 5.74) is 1.56. The molecular weight excluding hydrogens is 222 g/mol. The van der Waals surface area contributed by atoms with Crippen LogP contribution >= 0.6 is 0 Å². The van der Waals surface area contributed by atoms with E-state index < -0.39 is 0 Å². The lowest BCUT2D eigenvalue weighted by Crippen LogP contribution is -2.35. The van der Waals surface area contributed by atoms with Gasteiger partial charge in [-0.2, -0.15) is 0 Å². The van der Waals surface area contributed by atoms with Crippen LogP contribution in [0, 0.1) is 5.41 Å². The molecule has 2 nitrogen and oxygen atoms in total. The van der Waals surface area contributed by atoms with Crippen LogP contribution in [-0.4, -0.2) is 18.3 Å². The SMILES string of the molecule is CCC(CC)(CCO)CNC(C)c1ccccc1. The molecule has 0 saturated carbocycles. The quantitative estimate of drug-likeness (QED) is 0.739. The van der Waals surface area contributed by atoms with Crippen LogP contribution in [0.1, 0.15) is 51.6 Å². The Kier molecular flexibility index (Phi) is 6.37. The van der Waals surface area contributed by atoms with Gasteiger partial charge in [0, 0.05) is 19.2 Å². The zero-order valence-corrected chi connectivity index (χ0v) is 11.9. The van der Waals surface area contributed by atoms with Crippen LogP contribution in [0.4, 0.5) is 0 Å². The van der Waals surface area contributed by atoms with Gasteiger partial charge in [-0.1, -0.05) is 44.2 Å². The third-order valence-electron chi connectivity index (χ3n) is 4.22. The minimum absolute atomic E-state index is 0.234. The summed E-state index contributed by atoms with van der Waals surface area (Å²) in [4.78, 5) is 0. The van der Waals surface area contributed by atoms with Gasteiger partial charge in [-0.3, -0.25) is 0 Å². The molecule has 1 aromatic carbocycles. The Bertz CT molecular complexity index is 319. The van der Waals surface area contributed by atoms with E-state index in [1.807, 2.05) is 6.07 Å². The van der Waals surface area contributed by atoms with Gasteiger partial charge in [-0.25, -0.2) is 0 Å². The molecule has 0 aliphatic carbocycles. The van der Waals surface area contributed by atoms with E-state index in [0.717, 1.165) is 25.8 Å². The topological polar surface area (TPSA) is 32.3 Å². The number of nitrogens with one attached hydrogen (secondary N) is 1. The van der Waals surface area contributed by atoms with Crippen LogP contribution in [0.3, 0.4) is 0 Å². The molecule has 0 amide bonds. The van der Waals surface area contributed by atoms with Crippen LogP contribution in [0.2, 0.25) is 0 Å². The summed E-state index contributed by atoms with van der Waals surface area (Å²) in [6, 6.07) is 10.9. The van der Waals surface area contributed by atoms with Crippen LogP contribution in [0.15, 0.2) is 30.3 Å². The van der Waals surface area contributed by atoms with Gasteiger partial charge in [0.05, 0.1) is 0 Å². The van der Waals surface area contributed by atoms with E-state index in [4.69, 9.17) is 0 Å². The predicted molar refractivity (Wildman–Crippen MR) is 77.6 cm³/mol. The fraction of sp³-hybridized carbons (Fsp3) is 0.625. The number of aliphatic hydroxyl groups excluding tert-OH is 1. The zero-order valence-electron chi connectivity index (χ0n) is 11.9. The van der Waals surface area contributed by atoms with Crippen LogP contribution < -0.4 is 5.32 Å². The summed E-state index contributed by atoms with van der Waals surface area (Å²) >= 11 is 0. The highest BCUT2D eigenvalue weighted by atomic mass is 16.3. The molecule has 1 unspecified atom stereocenters. The standard InChI is InChI=1S/C16H27NO/c1-4-16(5-2,11-12-18)13-17-14(3)15-9-7-6-8-10-15/h6-10,14,17-18H,4-5,11-13H2,1-3H3. The third-order valence-corrected chi connectivity index (χ3v) is 4.22. The maximum Gasteiger partial charge on any atom is 0.0436 e. The molecule has 0 aliphatic rings. The molecule has 0 aliphatic heterocycles.